The van der Waals surface area contributed by atoms with Gasteiger partial charge in [0.2, 0.25) is 0 Å². The monoisotopic (exact) mass is 188 g/mol. The standard InChI is InChI=1S/C10H8N2O2/c1-2-10(12(13)14)9-6-4-3-5-8(9)7-11/h2-6,10H,1H2. The van der Waals surface area contributed by atoms with Crippen molar-refractivity contribution in [3.8, 4) is 6.07 Å². The maximum atomic E-state index is 10.6. The van der Waals surface area contributed by atoms with Crippen LogP contribution in [-0.4, -0.2) is 4.92 Å². The van der Waals surface area contributed by atoms with Crippen molar-refractivity contribution < 1.29 is 4.92 Å². The van der Waals surface area contributed by atoms with Crippen LogP contribution in [0.1, 0.15) is 17.2 Å². The Kier molecular flexibility index (Phi) is 2.97. The lowest BCUT2D eigenvalue weighted by Crippen LogP contribution is -2.08. The zero-order valence-electron chi connectivity index (χ0n) is 7.38. The highest BCUT2D eigenvalue weighted by Gasteiger charge is 2.21. The third kappa shape index (κ3) is 1.77. The maximum Gasteiger partial charge on any atom is 0.257 e. The Hall–Kier alpha value is -2.15. The van der Waals surface area contributed by atoms with Gasteiger partial charge in [0.15, 0.2) is 0 Å². The lowest BCUT2D eigenvalue weighted by molar-refractivity contribution is -0.515. The van der Waals surface area contributed by atoms with Gasteiger partial charge in [-0.1, -0.05) is 24.8 Å². The van der Waals surface area contributed by atoms with E-state index >= 15 is 0 Å². The van der Waals surface area contributed by atoms with Gasteiger partial charge in [-0.25, -0.2) is 0 Å². The predicted octanol–water partition coefficient (Wildman–Crippen LogP) is 2.06. The van der Waals surface area contributed by atoms with E-state index < -0.39 is 11.0 Å². The van der Waals surface area contributed by atoms with Crippen LogP contribution >= 0.6 is 0 Å². The largest absolute Gasteiger partial charge is 0.264 e. The molecule has 0 saturated heterocycles. The summed E-state index contributed by atoms with van der Waals surface area (Å²) in [5, 5.41) is 19.4. The summed E-state index contributed by atoms with van der Waals surface area (Å²) in [5.41, 5.74) is 0.698. The molecule has 0 N–H and O–H groups in total. The lowest BCUT2D eigenvalue weighted by atomic mass is 10.0. The van der Waals surface area contributed by atoms with Crippen LogP contribution in [0, 0.1) is 21.4 Å². The normalized spacial score (nSPS) is 11.4. The van der Waals surface area contributed by atoms with Crippen LogP contribution in [0.3, 0.4) is 0 Å². The number of benzene rings is 1. The van der Waals surface area contributed by atoms with Gasteiger partial charge in [-0.15, -0.1) is 0 Å². The molecular formula is C10H8N2O2. The summed E-state index contributed by atoms with van der Waals surface area (Å²) in [7, 11) is 0. The molecule has 70 valence electrons. The first-order valence-corrected chi connectivity index (χ1v) is 3.95. The van der Waals surface area contributed by atoms with Gasteiger partial charge in [0.25, 0.3) is 6.04 Å². The minimum atomic E-state index is -1.01. The maximum absolute atomic E-state index is 10.6. The molecule has 0 aliphatic rings. The number of hydrogen-bond donors (Lipinski definition) is 0. The van der Waals surface area contributed by atoms with Crippen molar-refractivity contribution in [3.05, 3.63) is 58.2 Å². The molecule has 4 nitrogen and oxygen atoms in total. The van der Waals surface area contributed by atoms with Crippen molar-refractivity contribution in [2.45, 2.75) is 6.04 Å². The SMILES string of the molecule is C=CC(c1ccccc1C#N)[N+](=O)[O-]. The third-order valence-corrected chi connectivity index (χ3v) is 1.85. The molecule has 0 heterocycles. The van der Waals surface area contributed by atoms with Gasteiger partial charge in [0, 0.05) is 10.5 Å². The molecule has 0 amide bonds. The van der Waals surface area contributed by atoms with Crippen LogP contribution in [-0.2, 0) is 0 Å². The first-order valence-electron chi connectivity index (χ1n) is 3.95. The number of hydrogen-bond acceptors (Lipinski definition) is 3. The Balaban J connectivity index is 3.23. The third-order valence-electron chi connectivity index (χ3n) is 1.85. The Morgan fingerprint density at radius 2 is 2.21 bits per heavy atom. The zero-order valence-corrected chi connectivity index (χ0v) is 7.38. The second-order valence-corrected chi connectivity index (χ2v) is 2.66. The summed E-state index contributed by atoms with van der Waals surface area (Å²) in [5.74, 6) is 0. The van der Waals surface area contributed by atoms with Crippen LogP contribution in [0.4, 0.5) is 0 Å². The number of nitrogens with zero attached hydrogens (tertiary/aromatic N) is 2. The van der Waals surface area contributed by atoms with Crippen molar-refractivity contribution in [2.24, 2.45) is 0 Å². The fourth-order valence-electron chi connectivity index (χ4n) is 1.18. The highest BCUT2D eigenvalue weighted by Crippen LogP contribution is 2.20. The Labute approximate surface area is 81.2 Å². The molecule has 1 atom stereocenters. The van der Waals surface area contributed by atoms with Crippen LogP contribution in [0.15, 0.2) is 36.9 Å². The van der Waals surface area contributed by atoms with E-state index in [-0.39, 0.29) is 0 Å². The van der Waals surface area contributed by atoms with E-state index in [1.165, 1.54) is 6.08 Å². The van der Waals surface area contributed by atoms with Crippen LogP contribution in [0.25, 0.3) is 0 Å². The number of nitro groups is 1. The summed E-state index contributed by atoms with van der Waals surface area (Å²) in [6.07, 6.45) is 1.22. The molecule has 1 unspecified atom stereocenters. The van der Waals surface area contributed by atoms with Gasteiger partial charge in [-0.2, -0.15) is 5.26 Å². The molecule has 0 saturated carbocycles. The molecule has 1 aromatic rings. The van der Waals surface area contributed by atoms with Crippen molar-refractivity contribution in [1.29, 1.82) is 5.26 Å². The minimum absolute atomic E-state index is 0.314. The van der Waals surface area contributed by atoms with Crippen molar-refractivity contribution in [3.63, 3.8) is 0 Å². The Morgan fingerprint density at radius 1 is 1.57 bits per heavy atom. The molecule has 4 heteroatoms. The number of rotatable bonds is 3. The smallest absolute Gasteiger partial charge is 0.257 e. The van der Waals surface area contributed by atoms with Crippen LogP contribution < -0.4 is 0 Å². The molecule has 0 spiro atoms. The second-order valence-electron chi connectivity index (χ2n) is 2.66. The van der Waals surface area contributed by atoms with E-state index in [4.69, 9.17) is 5.26 Å². The van der Waals surface area contributed by atoms with Crippen molar-refractivity contribution in [2.75, 3.05) is 0 Å². The fraction of sp³-hybridized carbons (Fsp3) is 0.100. The van der Waals surface area contributed by atoms with E-state index in [1.54, 1.807) is 24.3 Å². The van der Waals surface area contributed by atoms with E-state index in [0.29, 0.717) is 11.1 Å². The zero-order chi connectivity index (χ0) is 10.6. The molecule has 0 bridgehead atoms. The molecule has 0 aliphatic heterocycles. The summed E-state index contributed by atoms with van der Waals surface area (Å²) in [6.45, 7) is 3.38. The Bertz CT molecular complexity index is 407. The average Bonchev–Trinajstić information content (AvgIpc) is 2.19. The highest BCUT2D eigenvalue weighted by atomic mass is 16.6. The fourth-order valence-corrected chi connectivity index (χ4v) is 1.18. The van der Waals surface area contributed by atoms with Gasteiger partial charge in [0.1, 0.15) is 0 Å². The summed E-state index contributed by atoms with van der Waals surface area (Å²) in [4.78, 5) is 10.2. The predicted molar refractivity (Wildman–Crippen MR) is 51.1 cm³/mol. The lowest BCUT2D eigenvalue weighted by Gasteiger charge is -2.05. The second kappa shape index (κ2) is 4.19. The first-order chi connectivity index (χ1) is 6.70. The summed E-state index contributed by atoms with van der Waals surface area (Å²) < 4.78 is 0. The van der Waals surface area contributed by atoms with E-state index in [1.807, 2.05) is 6.07 Å². The molecule has 0 fully saturated rings. The average molecular weight is 188 g/mol. The topological polar surface area (TPSA) is 66.9 Å². The van der Waals surface area contributed by atoms with E-state index in [0.717, 1.165) is 0 Å². The minimum Gasteiger partial charge on any atom is -0.264 e. The molecule has 0 aromatic heterocycles. The molecular weight excluding hydrogens is 180 g/mol. The van der Waals surface area contributed by atoms with Gasteiger partial charge < -0.3 is 0 Å². The molecule has 0 radical (unpaired) electrons. The molecule has 0 aliphatic carbocycles. The van der Waals surface area contributed by atoms with Gasteiger partial charge in [-0.05, 0) is 12.1 Å². The van der Waals surface area contributed by atoms with Gasteiger partial charge in [-0.3, -0.25) is 10.1 Å². The summed E-state index contributed by atoms with van der Waals surface area (Å²) in [6, 6.07) is 7.35. The van der Waals surface area contributed by atoms with Crippen LogP contribution in [0.2, 0.25) is 0 Å². The molecule has 14 heavy (non-hydrogen) atoms. The number of nitriles is 1. The van der Waals surface area contributed by atoms with Gasteiger partial charge >= 0.3 is 0 Å². The van der Waals surface area contributed by atoms with E-state index in [2.05, 4.69) is 6.58 Å². The van der Waals surface area contributed by atoms with E-state index in [9.17, 15) is 10.1 Å². The Morgan fingerprint density at radius 3 is 2.71 bits per heavy atom. The van der Waals surface area contributed by atoms with Crippen molar-refractivity contribution >= 4 is 0 Å². The molecule has 1 rings (SSSR count). The quantitative estimate of drug-likeness (QED) is 0.414. The summed E-state index contributed by atoms with van der Waals surface area (Å²) >= 11 is 0. The van der Waals surface area contributed by atoms with Crippen molar-refractivity contribution in [1.82, 2.24) is 0 Å². The molecule has 1 aromatic carbocycles. The highest BCUT2D eigenvalue weighted by molar-refractivity contribution is 5.39. The first kappa shape index (κ1) is 9.93. The van der Waals surface area contributed by atoms with Gasteiger partial charge in [0.05, 0.1) is 11.6 Å². The van der Waals surface area contributed by atoms with Crippen LogP contribution in [0.5, 0.6) is 0 Å².